The van der Waals surface area contributed by atoms with Gasteiger partial charge in [0.15, 0.2) is 24.4 Å². The zero-order chi connectivity index (χ0) is 53.2. The number of benzene rings is 2. The fourth-order valence-corrected chi connectivity index (χ4v) is 10.1. The van der Waals surface area contributed by atoms with Gasteiger partial charge in [-0.3, -0.25) is 46.6 Å². The van der Waals surface area contributed by atoms with Gasteiger partial charge in [-0.15, -0.1) is 0 Å². The molecule has 24 heteroatoms. The SMILES string of the molecule is CC1=Nc2cc(C=O)ccc2C1.CC1=[N+](CCCCS(=O)(=O)O)c2cc(C=O)ccc2C1.O=Cc1cc[n+](CCCCS(=O)(=O)O)cc1.O=Cc1ccncc1.O=S1(=O)CCCCO1.O=S1(=O)CCCCO1. The zero-order valence-corrected chi connectivity index (χ0v) is 43.4. The second kappa shape index (κ2) is 30.4. The Morgan fingerprint density at radius 1 is 0.597 bits per heavy atom. The van der Waals surface area contributed by atoms with Crippen molar-refractivity contribution in [3.63, 3.8) is 0 Å². The van der Waals surface area contributed by atoms with E-state index < -0.39 is 40.5 Å². The third kappa shape index (κ3) is 24.7. The Morgan fingerprint density at radius 3 is 1.53 bits per heavy atom. The maximum atomic E-state index is 10.8. The predicted molar refractivity (Wildman–Crippen MR) is 270 cm³/mol. The van der Waals surface area contributed by atoms with E-state index in [2.05, 4.69) is 22.9 Å². The first-order valence-electron chi connectivity index (χ1n) is 22.8. The summed E-state index contributed by atoms with van der Waals surface area (Å²) in [5, 5.41) is 0. The fraction of sp³-hybridized carbons (Fsp3) is 0.417. The molecular weight excluding hydrogens is 1020 g/mol. The van der Waals surface area contributed by atoms with E-state index in [1.807, 2.05) is 48.7 Å². The summed E-state index contributed by atoms with van der Waals surface area (Å²) in [7, 11) is -13.9. The molecule has 72 heavy (non-hydrogen) atoms. The van der Waals surface area contributed by atoms with Crippen LogP contribution in [0.4, 0.5) is 11.4 Å². The van der Waals surface area contributed by atoms with Crippen LogP contribution in [-0.2, 0) is 68.2 Å². The maximum Gasteiger partial charge on any atom is 0.267 e. The van der Waals surface area contributed by atoms with Crippen molar-refractivity contribution in [2.45, 2.75) is 84.6 Å². The highest BCUT2D eigenvalue weighted by Crippen LogP contribution is 2.28. The first kappa shape index (κ1) is 60.7. The number of carbonyl (C=O) groups excluding carboxylic acids is 4. The molecule has 0 amide bonds. The summed E-state index contributed by atoms with van der Waals surface area (Å²) in [6.07, 6.45) is 17.1. The molecule has 0 radical (unpaired) electrons. The number of aliphatic imine (C=N–C) groups is 1. The van der Waals surface area contributed by atoms with E-state index in [-0.39, 0.29) is 23.0 Å². The minimum Gasteiger partial charge on any atom is -0.298 e. The monoisotopic (exact) mass is 1080 g/mol. The van der Waals surface area contributed by atoms with Gasteiger partial charge in [-0.25, -0.2) is 4.57 Å². The number of unbranched alkanes of at least 4 members (excludes halogenated alkanes) is 2. The van der Waals surface area contributed by atoms with E-state index in [4.69, 9.17) is 9.11 Å². The predicted octanol–water partition coefficient (Wildman–Crippen LogP) is 5.58. The normalized spacial score (nSPS) is 15.9. The molecule has 2 saturated heterocycles. The van der Waals surface area contributed by atoms with Gasteiger partial charge in [0, 0.05) is 90.3 Å². The number of rotatable bonds is 14. The number of aromatic nitrogens is 2. The molecule has 0 unspecified atom stereocenters. The van der Waals surface area contributed by atoms with E-state index >= 15 is 0 Å². The molecular formula is C48H62N4O16S4+2. The van der Waals surface area contributed by atoms with Crippen LogP contribution in [0, 0.1) is 0 Å². The lowest BCUT2D eigenvalue weighted by atomic mass is 10.1. The van der Waals surface area contributed by atoms with E-state index in [9.17, 15) is 52.8 Å². The number of hydrogen-bond acceptors (Lipinski definition) is 16. The largest absolute Gasteiger partial charge is 0.298 e. The lowest BCUT2D eigenvalue weighted by molar-refractivity contribution is -0.697. The van der Waals surface area contributed by atoms with Gasteiger partial charge >= 0.3 is 0 Å². The van der Waals surface area contributed by atoms with Crippen LogP contribution < -0.4 is 4.57 Å². The summed E-state index contributed by atoms with van der Waals surface area (Å²) in [6.45, 7) is 6.14. The minimum atomic E-state index is -3.88. The third-order valence-electron chi connectivity index (χ3n) is 10.5. The Morgan fingerprint density at radius 2 is 1.08 bits per heavy atom. The summed E-state index contributed by atoms with van der Waals surface area (Å²) < 4.78 is 114. The Balaban J connectivity index is 0.000000237. The molecule has 6 heterocycles. The van der Waals surface area contributed by atoms with Crippen LogP contribution in [-0.4, -0.2) is 132 Å². The number of fused-ring (bicyclic) bond motifs is 2. The third-order valence-corrected chi connectivity index (χ3v) is 14.8. The quantitative estimate of drug-likeness (QED) is 0.0512. The fourth-order valence-electron chi connectivity index (χ4n) is 6.89. The molecule has 20 nitrogen and oxygen atoms in total. The topological polar surface area (TPSA) is 296 Å². The highest BCUT2D eigenvalue weighted by Gasteiger charge is 2.27. The van der Waals surface area contributed by atoms with Crippen LogP contribution in [0.2, 0.25) is 0 Å². The number of pyridine rings is 2. The van der Waals surface area contributed by atoms with Crippen molar-refractivity contribution < 1.29 is 79.5 Å². The van der Waals surface area contributed by atoms with E-state index in [0.717, 1.165) is 80.8 Å². The van der Waals surface area contributed by atoms with Crippen molar-refractivity contribution >= 4 is 88.4 Å². The molecule has 0 spiro atoms. The molecule has 0 saturated carbocycles. The summed E-state index contributed by atoms with van der Waals surface area (Å²) >= 11 is 0. The Kier molecular flexibility index (Phi) is 25.7. The highest BCUT2D eigenvalue weighted by molar-refractivity contribution is 7.87. The van der Waals surface area contributed by atoms with Crippen molar-refractivity contribution in [1.82, 2.24) is 4.98 Å². The Hall–Kier alpha value is -5.60. The van der Waals surface area contributed by atoms with Crippen LogP contribution in [0.25, 0.3) is 0 Å². The van der Waals surface area contributed by atoms with Crippen LogP contribution >= 0.6 is 0 Å². The zero-order valence-electron chi connectivity index (χ0n) is 40.2. The molecule has 2 aromatic heterocycles. The number of aldehydes is 4. The van der Waals surface area contributed by atoms with E-state index in [1.165, 1.54) is 16.8 Å². The first-order valence-corrected chi connectivity index (χ1v) is 29.2. The van der Waals surface area contributed by atoms with Gasteiger partial charge in [-0.1, -0.05) is 24.3 Å². The molecule has 8 rings (SSSR count). The number of aryl methyl sites for hydroxylation is 1. The molecule has 392 valence electrons. The van der Waals surface area contributed by atoms with Gasteiger partial charge in [0.25, 0.3) is 40.5 Å². The molecule has 0 atom stereocenters. The highest BCUT2D eigenvalue weighted by atomic mass is 32.2. The number of carbonyl (C=O) groups is 4. The molecule has 0 aliphatic carbocycles. The summed E-state index contributed by atoms with van der Waals surface area (Å²) in [4.78, 5) is 49.7. The molecule has 2 N–H and O–H groups in total. The summed E-state index contributed by atoms with van der Waals surface area (Å²) in [6, 6.07) is 18.0. The van der Waals surface area contributed by atoms with Gasteiger partial charge in [-0.05, 0) is 69.2 Å². The van der Waals surface area contributed by atoms with Crippen molar-refractivity contribution in [2.24, 2.45) is 4.99 Å². The average Bonchev–Trinajstić information content (AvgIpc) is 3.88. The molecule has 4 aliphatic heterocycles. The van der Waals surface area contributed by atoms with Crippen LogP contribution in [0.3, 0.4) is 0 Å². The van der Waals surface area contributed by atoms with Gasteiger partial charge in [-0.2, -0.15) is 38.2 Å². The smallest absolute Gasteiger partial charge is 0.267 e. The average molecular weight is 1080 g/mol. The maximum absolute atomic E-state index is 10.8. The first-order chi connectivity index (χ1) is 34.1. The van der Waals surface area contributed by atoms with Crippen molar-refractivity contribution in [1.29, 1.82) is 0 Å². The molecule has 2 aromatic carbocycles. The van der Waals surface area contributed by atoms with Crippen LogP contribution in [0.5, 0.6) is 0 Å². The van der Waals surface area contributed by atoms with Crippen LogP contribution in [0.1, 0.15) is 118 Å². The van der Waals surface area contributed by atoms with Crippen molar-refractivity contribution in [3.8, 4) is 0 Å². The Bertz CT molecular complexity index is 2880. The van der Waals surface area contributed by atoms with Gasteiger partial charge < -0.3 is 0 Å². The summed E-state index contributed by atoms with van der Waals surface area (Å²) in [5.41, 5.74) is 9.31. The molecule has 4 aliphatic rings. The van der Waals surface area contributed by atoms with E-state index in [0.29, 0.717) is 74.2 Å². The van der Waals surface area contributed by atoms with Crippen molar-refractivity contribution in [3.05, 3.63) is 119 Å². The second-order valence-corrected chi connectivity index (χ2v) is 23.2. The minimum absolute atomic E-state index is 0.201. The Labute approximate surface area is 422 Å². The van der Waals surface area contributed by atoms with Gasteiger partial charge in [0.05, 0.1) is 48.3 Å². The van der Waals surface area contributed by atoms with Gasteiger partial charge in [0.2, 0.25) is 5.69 Å². The standard InChI is InChI=1S/C14H17NO4S.C10H13NO4S.C10H9NO.C6H5NO.2C4H8O3S/c1-11-8-13-5-4-12(10-16)9-14(13)15(11)6-2-3-7-20(17,18)19;12-9-10-3-6-11(7-4-10)5-1-2-8-16(13,14)15;1-7-4-9-3-2-8(6-12)5-10(9)11-7;8-5-6-1-3-7-4-2-6;2*5-8(6)4-2-1-3-7-8/h4-5,9-10H,2-3,6-8H2,1H3;3-4,6-7,9H,1-2,5,8H2;2-3,5-6H,4H2,1H3;1-5H;2*1-4H2/p+2. The van der Waals surface area contributed by atoms with Crippen LogP contribution in [0.15, 0.2) is 90.4 Å². The lowest BCUT2D eigenvalue weighted by Crippen LogP contribution is -2.32. The van der Waals surface area contributed by atoms with Gasteiger partial charge in [0.1, 0.15) is 31.9 Å². The molecule has 0 bridgehead atoms. The number of nitrogens with zero attached hydrogens (tertiary/aromatic N) is 4. The molecule has 2 fully saturated rings. The second-order valence-electron chi connectivity index (χ2n) is 16.6. The van der Waals surface area contributed by atoms with E-state index in [1.54, 1.807) is 55.1 Å². The lowest BCUT2D eigenvalue weighted by Gasteiger charge is -2.09. The molecule has 4 aromatic rings. The summed E-state index contributed by atoms with van der Waals surface area (Å²) in [5.74, 6) is -0.0128. The van der Waals surface area contributed by atoms with Crippen molar-refractivity contribution in [2.75, 3.05) is 42.8 Å². The number of hydrogen-bond donors (Lipinski definition) is 2.